The van der Waals surface area contributed by atoms with Gasteiger partial charge in [0.1, 0.15) is 0 Å². The van der Waals surface area contributed by atoms with Crippen molar-refractivity contribution in [1.82, 2.24) is 10.2 Å². The van der Waals surface area contributed by atoms with E-state index in [1.54, 1.807) is 35.7 Å². The Balaban J connectivity index is 1.78. The van der Waals surface area contributed by atoms with Crippen LogP contribution < -0.4 is 10.6 Å². The maximum absolute atomic E-state index is 12.3. The number of amidine groups is 1. The number of carbonyl (C=O) groups is 4. The first-order valence-electron chi connectivity index (χ1n) is 8.28. The molecule has 1 aromatic carbocycles. The number of carbonyl (C=O) groups excluding carboxylic acids is 3. The van der Waals surface area contributed by atoms with Crippen molar-refractivity contribution in [3.05, 3.63) is 51.2 Å². The Morgan fingerprint density at radius 1 is 1.28 bits per heavy atom. The van der Waals surface area contributed by atoms with Gasteiger partial charge in [-0.25, -0.2) is 14.6 Å². The molecule has 0 saturated carbocycles. The highest BCUT2D eigenvalue weighted by Gasteiger charge is 2.40. The lowest BCUT2D eigenvalue weighted by molar-refractivity contribution is -0.149. The quantitative estimate of drug-likeness (QED) is 0.489. The van der Waals surface area contributed by atoms with Gasteiger partial charge in [0.05, 0.1) is 10.6 Å². The standard InChI is InChI=1S/C18H15ClN4O5S/c1-23-15(22-12(17(26)27)13(24)16(23)25)14-11(6-7-29-14)21-18(28)20-8-9-4-2-3-5-10(9)19/h2-7,12H,8H2,1H3,(H,26,27)(H2,20,21,28). The number of nitrogens with zero attached hydrogens (tertiary/aromatic N) is 2. The Labute approximate surface area is 174 Å². The highest BCUT2D eigenvalue weighted by molar-refractivity contribution is 7.12. The van der Waals surface area contributed by atoms with Crippen molar-refractivity contribution in [1.29, 1.82) is 0 Å². The third-order valence-electron chi connectivity index (χ3n) is 4.08. The summed E-state index contributed by atoms with van der Waals surface area (Å²) in [6.45, 7) is 0.194. The number of nitrogens with one attached hydrogen (secondary N) is 2. The molecule has 1 aliphatic heterocycles. The van der Waals surface area contributed by atoms with Crippen LogP contribution in [0, 0.1) is 0 Å². The van der Waals surface area contributed by atoms with E-state index in [4.69, 9.17) is 16.7 Å². The molecule has 0 radical (unpaired) electrons. The van der Waals surface area contributed by atoms with E-state index in [2.05, 4.69) is 15.6 Å². The predicted molar refractivity (Wildman–Crippen MR) is 107 cm³/mol. The smallest absolute Gasteiger partial charge is 0.336 e. The Morgan fingerprint density at radius 2 is 2.00 bits per heavy atom. The molecular weight excluding hydrogens is 420 g/mol. The van der Waals surface area contributed by atoms with Crippen LogP contribution in [-0.4, -0.2) is 52.6 Å². The number of thiophene rings is 1. The molecule has 0 aliphatic carbocycles. The van der Waals surface area contributed by atoms with E-state index in [-0.39, 0.29) is 12.4 Å². The van der Waals surface area contributed by atoms with Crippen LogP contribution in [0.25, 0.3) is 0 Å². The molecule has 1 aliphatic rings. The van der Waals surface area contributed by atoms with Crippen molar-refractivity contribution in [2.24, 2.45) is 4.99 Å². The molecule has 9 nitrogen and oxygen atoms in total. The first-order valence-corrected chi connectivity index (χ1v) is 9.54. The third-order valence-corrected chi connectivity index (χ3v) is 5.36. The number of benzene rings is 1. The number of urea groups is 1. The molecule has 11 heteroatoms. The van der Waals surface area contributed by atoms with Gasteiger partial charge >= 0.3 is 12.0 Å². The maximum Gasteiger partial charge on any atom is 0.336 e. The van der Waals surface area contributed by atoms with Gasteiger partial charge in [-0.1, -0.05) is 29.8 Å². The molecular formula is C18H15ClN4O5S. The summed E-state index contributed by atoms with van der Waals surface area (Å²) < 4.78 is 0. The third kappa shape index (κ3) is 4.28. The molecule has 0 spiro atoms. The molecule has 2 aromatic rings. The number of anilines is 1. The summed E-state index contributed by atoms with van der Waals surface area (Å²) in [5.41, 5.74) is 1.06. The number of carboxylic acids is 1. The summed E-state index contributed by atoms with van der Waals surface area (Å²) in [7, 11) is 1.32. The van der Waals surface area contributed by atoms with Crippen molar-refractivity contribution in [2.45, 2.75) is 12.6 Å². The minimum absolute atomic E-state index is 0.00148. The van der Waals surface area contributed by atoms with E-state index >= 15 is 0 Å². The lowest BCUT2D eigenvalue weighted by atomic mass is 10.1. The van der Waals surface area contributed by atoms with Gasteiger partial charge in [0.15, 0.2) is 5.84 Å². The van der Waals surface area contributed by atoms with Crippen molar-refractivity contribution < 1.29 is 24.3 Å². The summed E-state index contributed by atoms with van der Waals surface area (Å²) in [5, 5.41) is 16.6. The number of amides is 3. The molecule has 2 heterocycles. The Hall–Kier alpha value is -3.24. The Morgan fingerprint density at radius 3 is 2.69 bits per heavy atom. The number of hydrogen-bond acceptors (Lipinski definition) is 6. The van der Waals surface area contributed by atoms with Crippen LogP contribution >= 0.6 is 22.9 Å². The van der Waals surface area contributed by atoms with E-state index < -0.39 is 29.7 Å². The SMILES string of the molecule is CN1C(=O)C(=O)C(C(=O)O)N=C1c1sccc1NC(=O)NCc1ccccc1Cl. The highest BCUT2D eigenvalue weighted by atomic mass is 35.5. The number of aliphatic carboxylic acids is 1. The zero-order valence-corrected chi connectivity index (χ0v) is 16.6. The molecule has 150 valence electrons. The molecule has 0 saturated heterocycles. The summed E-state index contributed by atoms with van der Waals surface area (Å²) in [4.78, 5) is 52.7. The summed E-state index contributed by atoms with van der Waals surface area (Å²) in [6.07, 6.45) is 0. The molecule has 1 unspecified atom stereocenters. The molecule has 3 amide bonds. The van der Waals surface area contributed by atoms with Gasteiger partial charge in [-0.2, -0.15) is 0 Å². The summed E-state index contributed by atoms with van der Waals surface area (Å²) in [5.74, 6) is -3.62. The zero-order valence-electron chi connectivity index (χ0n) is 15.0. The van der Waals surface area contributed by atoms with E-state index in [9.17, 15) is 19.2 Å². The normalized spacial score (nSPS) is 16.4. The minimum Gasteiger partial charge on any atom is -0.479 e. The molecule has 0 bridgehead atoms. The van der Waals surface area contributed by atoms with Crippen LogP contribution in [0.2, 0.25) is 5.02 Å². The Kier molecular flexibility index (Phi) is 5.95. The molecule has 1 atom stereocenters. The molecule has 29 heavy (non-hydrogen) atoms. The minimum atomic E-state index is -1.81. The number of rotatable bonds is 5. The van der Waals surface area contributed by atoms with Crippen molar-refractivity contribution in [3.63, 3.8) is 0 Å². The summed E-state index contributed by atoms with van der Waals surface area (Å²) >= 11 is 7.20. The number of ketones is 1. The van der Waals surface area contributed by atoms with Crippen LogP contribution in [0.5, 0.6) is 0 Å². The lowest BCUT2D eigenvalue weighted by Crippen LogP contribution is -2.50. The van der Waals surface area contributed by atoms with Crippen molar-refractivity contribution in [2.75, 3.05) is 12.4 Å². The number of hydrogen-bond donors (Lipinski definition) is 3. The predicted octanol–water partition coefficient (Wildman–Crippen LogP) is 1.96. The van der Waals surface area contributed by atoms with Crippen LogP contribution in [0.3, 0.4) is 0 Å². The number of likely N-dealkylation sites (N-methyl/N-ethyl adjacent to an activating group) is 1. The van der Waals surface area contributed by atoms with Gasteiger partial charge in [0, 0.05) is 18.6 Å². The van der Waals surface area contributed by atoms with Gasteiger partial charge in [0.25, 0.3) is 11.7 Å². The van der Waals surface area contributed by atoms with Gasteiger partial charge in [-0.3, -0.25) is 14.5 Å². The Bertz CT molecular complexity index is 1030. The molecule has 3 rings (SSSR count). The van der Waals surface area contributed by atoms with Crippen LogP contribution in [0.1, 0.15) is 10.4 Å². The molecule has 3 N–H and O–H groups in total. The maximum atomic E-state index is 12.3. The largest absolute Gasteiger partial charge is 0.479 e. The first-order chi connectivity index (χ1) is 13.8. The number of carboxylic acid groups (broad SMARTS) is 1. The fourth-order valence-corrected chi connectivity index (χ4v) is 3.67. The van der Waals surface area contributed by atoms with Gasteiger partial charge in [0.2, 0.25) is 6.04 Å². The van der Waals surface area contributed by atoms with E-state index in [0.717, 1.165) is 21.8 Å². The first kappa shape index (κ1) is 20.5. The van der Waals surface area contributed by atoms with Gasteiger partial charge in [-0.15, -0.1) is 11.3 Å². The van der Waals surface area contributed by atoms with Crippen LogP contribution in [0.4, 0.5) is 10.5 Å². The fraction of sp³-hybridized carbons (Fsp3) is 0.167. The second-order valence-electron chi connectivity index (χ2n) is 5.98. The average Bonchev–Trinajstić information content (AvgIpc) is 3.13. The summed E-state index contributed by atoms with van der Waals surface area (Å²) in [6, 6.07) is 6.31. The van der Waals surface area contributed by atoms with E-state index in [0.29, 0.717) is 15.6 Å². The van der Waals surface area contributed by atoms with Crippen LogP contribution in [0.15, 0.2) is 40.7 Å². The lowest BCUT2D eigenvalue weighted by Gasteiger charge is -2.25. The molecule has 1 aromatic heterocycles. The number of aliphatic imine (C=N–C) groups is 1. The monoisotopic (exact) mass is 434 g/mol. The molecule has 0 fully saturated rings. The van der Waals surface area contributed by atoms with Crippen molar-refractivity contribution in [3.8, 4) is 0 Å². The topological polar surface area (TPSA) is 128 Å². The van der Waals surface area contributed by atoms with Gasteiger partial charge in [-0.05, 0) is 23.1 Å². The highest BCUT2D eigenvalue weighted by Crippen LogP contribution is 2.26. The zero-order chi connectivity index (χ0) is 21.1. The fourth-order valence-electron chi connectivity index (χ4n) is 2.59. The van der Waals surface area contributed by atoms with Crippen LogP contribution in [-0.2, 0) is 20.9 Å². The number of halogens is 1. The van der Waals surface area contributed by atoms with E-state index in [1.165, 1.54) is 7.05 Å². The number of Topliss-reactive ketones (excluding diaryl/α,β-unsaturated/α-hetero) is 1. The second-order valence-corrected chi connectivity index (χ2v) is 7.31. The van der Waals surface area contributed by atoms with Gasteiger partial charge < -0.3 is 15.7 Å². The average molecular weight is 435 g/mol. The second kappa shape index (κ2) is 8.41. The van der Waals surface area contributed by atoms with E-state index in [1.807, 2.05) is 0 Å². The van der Waals surface area contributed by atoms with Crippen molar-refractivity contribution >= 4 is 58.2 Å².